The second-order valence-electron chi connectivity index (χ2n) is 3.76. The molecule has 0 aromatic heterocycles. The fourth-order valence-electron chi connectivity index (χ4n) is 1.46. The fourth-order valence-corrected chi connectivity index (χ4v) is 1.46. The van der Waals surface area contributed by atoms with E-state index in [2.05, 4.69) is 0 Å². The highest BCUT2D eigenvalue weighted by molar-refractivity contribution is 5.94. The second kappa shape index (κ2) is 4.96. The molecule has 0 amide bonds. The lowest BCUT2D eigenvalue weighted by Gasteiger charge is -2.07. The van der Waals surface area contributed by atoms with Gasteiger partial charge in [0, 0.05) is 11.6 Å². The minimum absolute atomic E-state index is 0.0860. The van der Waals surface area contributed by atoms with Crippen LogP contribution in [0, 0.1) is 11.6 Å². The maximum absolute atomic E-state index is 13.4. The van der Waals surface area contributed by atoms with E-state index < -0.39 is 11.6 Å². The molecule has 92 valence electrons. The molecule has 0 aliphatic carbocycles. The molecule has 0 saturated heterocycles. The van der Waals surface area contributed by atoms with Gasteiger partial charge in [-0.1, -0.05) is 12.1 Å². The topological polar surface area (TPSA) is 26.3 Å². The van der Waals surface area contributed by atoms with Gasteiger partial charge in [0.05, 0.1) is 0 Å². The molecule has 0 spiro atoms. The Morgan fingerprint density at radius 1 is 1.11 bits per heavy atom. The van der Waals surface area contributed by atoms with Crippen molar-refractivity contribution in [3.8, 4) is 11.5 Å². The Kier molecular flexibility index (Phi) is 3.37. The molecular formula is C14H10F2O2. The molecular weight excluding hydrogens is 238 g/mol. The molecule has 0 heterocycles. The van der Waals surface area contributed by atoms with Gasteiger partial charge in [-0.15, -0.1) is 0 Å². The molecule has 0 fully saturated rings. The highest BCUT2D eigenvalue weighted by Gasteiger charge is 2.07. The Bertz CT molecular complexity index is 594. The molecule has 4 heteroatoms. The Balaban J connectivity index is 2.28. The van der Waals surface area contributed by atoms with Crippen molar-refractivity contribution in [1.82, 2.24) is 0 Å². The van der Waals surface area contributed by atoms with Crippen LogP contribution in [0.3, 0.4) is 0 Å². The van der Waals surface area contributed by atoms with Crippen LogP contribution in [0.5, 0.6) is 11.5 Å². The Morgan fingerprint density at radius 3 is 2.56 bits per heavy atom. The molecule has 18 heavy (non-hydrogen) atoms. The van der Waals surface area contributed by atoms with Crippen LogP contribution in [0.25, 0.3) is 0 Å². The number of ether oxygens (including phenoxy) is 1. The number of Topliss-reactive ketones (excluding diaryl/α,β-unsaturated/α-hetero) is 1. The van der Waals surface area contributed by atoms with Crippen LogP contribution in [-0.2, 0) is 0 Å². The van der Waals surface area contributed by atoms with Gasteiger partial charge in [-0.25, -0.2) is 8.78 Å². The average molecular weight is 248 g/mol. The summed E-state index contributed by atoms with van der Waals surface area (Å²) in [4.78, 5) is 11.2. The van der Waals surface area contributed by atoms with Gasteiger partial charge in [0.25, 0.3) is 0 Å². The first-order valence-electron chi connectivity index (χ1n) is 5.30. The fraction of sp³-hybridized carbons (Fsp3) is 0.0714. The summed E-state index contributed by atoms with van der Waals surface area (Å²) in [6.07, 6.45) is 0. The molecule has 2 nitrogen and oxygen atoms in total. The lowest BCUT2D eigenvalue weighted by molar-refractivity contribution is 0.101. The van der Waals surface area contributed by atoms with E-state index in [1.807, 2.05) is 0 Å². The molecule has 0 aliphatic rings. The van der Waals surface area contributed by atoms with Gasteiger partial charge in [0.1, 0.15) is 11.6 Å². The van der Waals surface area contributed by atoms with Crippen LogP contribution in [0.15, 0.2) is 42.5 Å². The molecule has 2 aromatic carbocycles. The lowest BCUT2D eigenvalue weighted by Crippen LogP contribution is -1.94. The summed E-state index contributed by atoms with van der Waals surface area (Å²) in [6.45, 7) is 1.43. The number of benzene rings is 2. The van der Waals surface area contributed by atoms with Crippen molar-refractivity contribution in [1.29, 1.82) is 0 Å². The monoisotopic (exact) mass is 248 g/mol. The van der Waals surface area contributed by atoms with Gasteiger partial charge in [-0.3, -0.25) is 4.79 Å². The van der Waals surface area contributed by atoms with E-state index in [0.29, 0.717) is 11.3 Å². The zero-order chi connectivity index (χ0) is 13.1. The first-order chi connectivity index (χ1) is 8.56. The van der Waals surface area contributed by atoms with E-state index in [1.165, 1.54) is 19.1 Å². The van der Waals surface area contributed by atoms with Gasteiger partial charge < -0.3 is 4.74 Å². The van der Waals surface area contributed by atoms with Crippen LogP contribution in [-0.4, -0.2) is 5.78 Å². The van der Waals surface area contributed by atoms with E-state index >= 15 is 0 Å². The minimum atomic E-state index is -0.789. The van der Waals surface area contributed by atoms with E-state index in [4.69, 9.17) is 4.74 Å². The molecule has 0 unspecified atom stereocenters. The molecule has 2 rings (SSSR count). The third-order valence-corrected chi connectivity index (χ3v) is 2.36. The molecule has 0 N–H and O–H groups in total. The number of rotatable bonds is 3. The molecule has 0 bridgehead atoms. The van der Waals surface area contributed by atoms with Crippen molar-refractivity contribution < 1.29 is 18.3 Å². The third-order valence-electron chi connectivity index (χ3n) is 2.36. The lowest BCUT2D eigenvalue weighted by atomic mass is 10.1. The number of hydrogen-bond donors (Lipinski definition) is 0. The SMILES string of the molecule is CC(=O)c1cccc(Oc2ccc(F)cc2F)c1. The smallest absolute Gasteiger partial charge is 0.168 e. The van der Waals surface area contributed by atoms with Crippen molar-refractivity contribution >= 4 is 5.78 Å². The molecule has 0 radical (unpaired) electrons. The van der Waals surface area contributed by atoms with Crippen LogP contribution < -0.4 is 4.74 Å². The summed E-state index contributed by atoms with van der Waals surface area (Å²) < 4.78 is 31.3. The summed E-state index contributed by atoms with van der Waals surface area (Å²) in [5.41, 5.74) is 0.468. The van der Waals surface area contributed by atoms with Gasteiger partial charge in [-0.05, 0) is 31.2 Å². The summed E-state index contributed by atoms with van der Waals surface area (Å²) in [5.74, 6) is -1.33. The molecule has 0 saturated carbocycles. The molecule has 0 aliphatic heterocycles. The van der Waals surface area contributed by atoms with Crippen molar-refractivity contribution in [2.24, 2.45) is 0 Å². The summed E-state index contributed by atoms with van der Waals surface area (Å²) in [6, 6.07) is 9.41. The van der Waals surface area contributed by atoms with Gasteiger partial charge in [0.15, 0.2) is 17.3 Å². The van der Waals surface area contributed by atoms with Crippen molar-refractivity contribution in [2.45, 2.75) is 6.92 Å². The summed E-state index contributed by atoms with van der Waals surface area (Å²) in [7, 11) is 0. The van der Waals surface area contributed by atoms with E-state index in [1.54, 1.807) is 18.2 Å². The van der Waals surface area contributed by atoms with E-state index in [9.17, 15) is 13.6 Å². The van der Waals surface area contributed by atoms with E-state index in [-0.39, 0.29) is 11.5 Å². The number of ketones is 1. The number of halogens is 2. The normalized spacial score (nSPS) is 10.2. The van der Waals surface area contributed by atoms with Crippen LogP contribution in [0.4, 0.5) is 8.78 Å². The number of hydrogen-bond acceptors (Lipinski definition) is 2. The number of carbonyl (C=O) groups is 1. The highest BCUT2D eigenvalue weighted by atomic mass is 19.1. The zero-order valence-electron chi connectivity index (χ0n) is 9.61. The van der Waals surface area contributed by atoms with Crippen molar-refractivity contribution in [3.05, 3.63) is 59.7 Å². The summed E-state index contributed by atoms with van der Waals surface area (Å²) in [5, 5.41) is 0. The van der Waals surface area contributed by atoms with Crippen molar-refractivity contribution in [3.63, 3.8) is 0 Å². The largest absolute Gasteiger partial charge is 0.454 e. The van der Waals surface area contributed by atoms with Gasteiger partial charge >= 0.3 is 0 Å². The third kappa shape index (κ3) is 2.71. The van der Waals surface area contributed by atoms with Gasteiger partial charge in [0.2, 0.25) is 0 Å². The predicted molar refractivity (Wildman–Crippen MR) is 62.9 cm³/mol. The number of carbonyl (C=O) groups excluding carboxylic acids is 1. The molecule has 0 atom stereocenters. The van der Waals surface area contributed by atoms with Gasteiger partial charge in [-0.2, -0.15) is 0 Å². The van der Waals surface area contributed by atoms with E-state index in [0.717, 1.165) is 12.1 Å². The standard InChI is InChI=1S/C14H10F2O2/c1-9(17)10-3-2-4-12(7-10)18-14-6-5-11(15)8-13(14)16/h2-8H,1H3. The average Bonchev–Trinajstić information content (AvgIpc) is 2.33. The highest BCUT2D eigenvalue weighted by Crippen LogP contribution is 2.25. The second-order valence-corrected chi connectivity index (χ2v) is 3.76. The Hall–Kier alpha value is -2.23. The maximum Gasteiger partial charge on any atom is 0.168 e. The summed E-state index contributed by atoms with van der Waals surface area (Å²) >= 11 is 0. The van der Waals surface area contributed by atoms with Crippen LogP contribution in [0.2, 0.25) is 0 Å². The van der Waals surface area contributed by atoms with Crippen molar-refractivity contribution in [2.75, 3.05) is 0 Å². The quantitative estimate of drug-likeness (QED) is 0.768. The predicted octanol–water partition coefficient (Wildman–Crippen LogP) is 3.96. The minimum Gasteiger partial charge on any atom is -0.454 e. The maximum atomic E-state index is 13.4. The van der Waals surface area contributed by atoms with Crippen LogP contribution >= 0.6 is 0 Å². The zero-order valence-corrected chi connectivity index (χ0v) is 9.61. The molecule has 2 aromatic rings. The first kappa shape index (κ1) is 12.2. The van der Waals surface area contributed by atoms with Crippen LogP contribution in [0.1, 0.15) is 17.3 Å². The Morgan fingerprint density at radius 2 is 1.89 bits per heavy atom. The Labute approximate surface area is 103 Å². The first-order valence-corrected chi connectivity index (χ1v) is 5.30.